The van der Waals surface area contributed by atoms with Crippen molar-refractivity contribution in [1.29, 1.82) is 0 Å². The van der Waals surface area contributed by atoms with E-state index in [0.29, 0.717) is 40.0 Å². The van der Waals surface area contributed by atoms with Crippen LogP contribution in [0.25, 0.3) is 27.5 Å². The van der Waals surface area contributed by atoms with Crippen LogP contribution in [-0.4, -0.2) is 61.9 Å². The first-order valence-corrected chi connectivity index (χ1v) is 14.1. The summed E-state index contributed by atoms with van der Waals surface area (Å²) in [7, 11) is 0. The summed E-state index contributed by atoms with van der Waals surface area (Å²) in [5, 5.41) is 26.1. The van der Waals surface area contributed by atoms with Crippen LogP contribution in [0.15, 0.2) is 79.1 Å². The highest BCUT2D eigenvalue weighted by Crippen LogP contribution is 2.47. The fourth-order valence-corrected chi connectivity index (χ4v) is 6.10. The van der Waals surface area contributed by atoms with Crippen molar-refractivity contribution in [2.45, 2.75) is 37.6 Å². The van der Waals surface area contributed by atoms with Crippen molar-refractivity contribution >= 4 is 21.8 Å². The number of aryl methyl sites for hydroxylation is 1. The molecule has 1 aliphatic heterocycles. The van der Waals surface area contributed by atoms with Gasteiger partial charge in [-0.25, -0.2) is 9.07 Å². The van der Waals surface area contributed by atoms with Gasteiger partial charge in [0.05, 0.1) is 17.4 Å². The molecular weight excluding hydrogens is 548 g/mol. The van der Waals surface area contributed by atoms with E-state index in [1.165, 1.54) is 59.5 Å². The number of fused-ring (bicyclic) bond motifs is 2. The number of piperidine rings is 1. The summed E-state index contributed by atoms with van der Waals surface area (Å²) in [6, 6.07) is 16.6. The molecule has 1 saturated heterocycles. The van der Waals surface area contributed by atoms with Gasteiger partial charge in [-0.2, -0.15) is 18.3 Å². The lowest BCUT2D eigenvalue weighted by Crippen LogP contribution is -2.43. The molecule has 0 saturated carbocycles. The number of halogens is 4. The molecule has 2 aromatic heterocycles. The number of likely N-dealkylation sites (tertiary alicyclic amines) is 1. The lowest BCUT2D eigenvalue weighted by atomic mass is 9.85. The molecule has 1 fully saturated rings. The third-order valence-electron chi connectivity index (χ3n) is 8.48. The highest BCUT2D eigenvalue weighted by atomic mass is 19.4. The van der Waals surface area contributed by atoms with Gasteiger partial charge in [-0.15, -0.1) is 0 Å². The number of hydrogen-bond donors (Lipinski definition) is 2. The van der Waals surface area contributed by atoms with Gasteiger partial charge >= 0.3 is 6.18 Å². The number of para-hydroxylation sites is 1. The molecule has 0 radical (unpaired) electrons. The van der Waals surface area contributed by atoms with Crippen molar-refractivity contribution in [3.63, 3.8) is 0 Å². The molecule has 5 aromatic rings. The van der Waals surface area contributed by atoms with E-state index in [2.05, 4.69) is 10.00 Å². The minimum Gasteiger partial charge on any atom is -0.396 e. The lowest BCUT2D eigenvalue weighted by molar-refractivity contribution is -0.247. The average Bonchev–Trinajstić information content (AvgIpc) is 3.59. The van der Waals surface area contributed by atoms with Gasteiger partial charge in [0.1, 0.15) is 5.82 Å². The number of aromatic nitrogens is 3. The summed E-state index contributed by atoms with van der Waals surface area (Å²) in [6.07, 6.45) is 0.478. The van der Waals surface area contributed by atoms with Crippen LogP contribution in [0.5, 0.6) is 0 Å². The number of aliphatic hydroxyl groups excluding tert-OH is 1. The Balaban J connectivity index is 1.34. The van der Waals surface area contributed by atoms with Crippen LogP contribution in [-0.2, 0) is 12.1 Å². The number of benzene rings is 3. The van der Waals surface area contributed by atoms with Crippen molar-refractivity contribution in [2.24, 2.45) is 5.92 Å². The Hall–Kier alpha value is -3.73. The zero-order valence-electron chi connectivity index (χ0n) is 22.9. The summed E-state index contributed by atoms with van der Waals surface area (Å²) in [4.78, 5) is 2.33. The summed E-state index contributed by atoms with van der Waals surface area (Å²) in [5.74, 6) is -0.0664. The molecule has 0 amide bonds. The number of hydrogen-bond acceptors (Lipinski definition) is 4. The van der Waals surface area contributed by atoms with E-state index >= 15 is 0 Å². The van der Waals surface area contributed by atoms with Crippen molar-refractivity contribution in [1.82, 2.24) is 19.2 Å². The van der Waals surface area contributed by atoms with Crippen LogP contribution in [0.4, 0.5) is 17.6 Å². The van der Waals surface area contributed by atoms with Gasteiger partial charge in [0.25, 0.3) is 0 Å². The van der Waals surface area contributed by atoms with Gasteiger partial charge < -0.3 is 19.7 Å². The van der Waals surface area contributed by atoms with Crippen LogP contribution in [0.1, 0.15) is 30.4 Å². The molecule has 220 valence electrons. The molecule has 0 bridgehead atoms. The number of alkyl halides is 3. The van der Waals surface area contributed by atoms with Gasteiger partial charge in [0.2, 0.25) is 5.60 Å². The Bertz CT molecular complexity index is 1690. The second-order valence-corrected chi connectivity index (χ2v) is 11.1. The molecule has 1 aliphatic rings. The van der Waals surface area contributed by atoms with Crippen LogP contribution in [0.3, 0.4) is 0 Å². The van der Waals surface area contributed by atoms with E-state index in [1.807, 2.05) is 0 Å². The average molecular weight is 581 g/mol. The van der Waals surface area contributed by atoms with Crippen LogP contribution in [0.2, 0.25) is 0 Å². The smallest absolute Gasteiger partial charge is 0.396 e. The molecule has 6 nitrogen and oxygen atoms in total. The topological polar surface area (TPSA) is 66.4 Å². The first-order chi connectivity index (χ1) is 20.2. The molecule has 42 heavy (non-hydrogen) atoms. The molecule has 1 unspecified atom stereocenters. The van der Waals surface area contributed by atoms with Crippen molar-refractivity contribution < 1.29 is 27.8 Å². The summed E-state index contributed by atoms with van der Waals surface area (Å²) in [6.45, 7) is 3.31. The molecule has 2 N–H and O–H groups in total. The zero-order valence-corrected chi connectivity index (χ0v) is 22.9. The van der Waals surface area contributed by atoms with Crippen LogP contribution < -0.4 is 0 Å². The Labute approximate surface area is 240 Å². The highest BCUT2D eigenvalue weighted by Gasteiger charge is 2.57. The van der Waals surface area contributed by atoms with E-state index in [1.54, 1.807) is 28.8 Å². The molecule has 1 atom stereocenters. The highest BCUT2D eigenvalue weighted by molar-refractivity contribution is 5.87. The van der Waals surface area contributed by atoms with Crippen molar-refractivity contribution in [3.8, 4) is 5.69 Å². The Morgan fingerprint density at radius 2 is 1.64 bits per heavy atom. The first-order valence-electron chi connectivity index (χ1n) is 14.1. The van der Waals surface area contributed by atoms with Gasteiger partial charge in [-0.05, 0) is 92.8 Å². The Kier molecular flexibility index (Phi) is 7.55. The van der Waals surface area contributed by atoms with Gasteiger partial charge in [-0.1, -0.05) is 24.3 Å². The molecule has 0 aliphatic carbocycles. The van der Waals surface area contributed by atoms with E-state index in [9.17, 15) is 27.8 Å². The van der Waals surface area contributed by atoms with Gasteiger partial charge in [-0.3, -0.25) is 0 Å². The van der Waals surface area contributed by atoms with Crippen LogP contribution in [0, 0.1) is 11.7 Å². The molecule has 3 aromatic carbocycles. The maximum Gasteiger partial charge on any atom is 0.425 e. The Morgan fingerprint density at radius 3 is 2.36 bits per heavy atom. The first kappa shape index (κ1) is 28.4. The van der Waals surface area contributed by atoms with E-state index < -0.39 is 17.6 Å². The second kappa shape index (κ2) is 11.2. The molecule has 3 heterocycles. The fourth-order valence-electron chi connectivity index (χ4n) is 6.10. The third kappa shape index (κ3) is 5.08. The minimum atomic E-state index is -5.01. The molecule has 10 heteroatoms. The van der Waals surface area contributed by atoms with E-state index in [4.69, 9.17) is 0 Å². The maximum atomic E-state index is 14.9. The lowest BCUT2D eigenvalue weighted by Gasteiger charge is -2.31. The molecular formula is C32H32F4N4O2. The number of aliphatic hydroxyl groups is 2. The van der Waals surface area contributed by atoms with Crippen molar-refractivity contribution in [2.75, 3.05) is 26.2 Å². The van der Waals surface area contributed by atoms with Crippen molar-refractivity contribution in [3.05, 3.63) is 96.1 Å². The quantitative estimate of drug-likeness (QED) is 0.221. The monoisotopic (exact) mass is 580 g/mol. The third-order valence-corrected chi connectivity index (χ3v) is 8.48. The van der Waals surface area contributed by atoms with Gasteiger partial charge in [0.15, 0.2) is 0 Å². The van der Waals surface area contributed by atoms with E-state index in [0.717, 1.165) is 38.9 Å². The normalized spacial score (nSPS) is 16.8. The summed E-state index contributed by atoms with van der Waals surface area (Å²) < 4.78 is 61.5. The summed E-state index contributed by atoms with van der Waals surface area (Å²) >= 11 is 0. The van der Waals surface area contributed by atoms with E-state index in [-0.39, 0.29) is 17.7 Å². The van der Waals surface area contributed by atoms with Gasteiger partial charge in [0, 0.05) is 41.2 Å². The predicted molar refractivity (Wildman–Crippen MR) is 153 cm³/mol. The second-order valence-electron chi connectivity index (χ2n) is 11.1. The fraction of sp³-hybridized carbons (Fsp3) is 0.344. The number of nitrogens with zero attached hydrogens (tertiary/aromatic N) is 4. The maximum absolute atomic E-state index is 14.9. The Morgan fingerprint density at radius 1 is 0.905 bits per heavy atom. The van der Waals surface area contributed by atoms with Crippen LogP contribution >= 0.6 is 0 Å². The number of rotatable bonds is 8. The largest absolute Gasteiger partial charge is 0.425 e. The predicted octanol–water partition coefficient (Wildman–Crippen LogP) is 6.01. The molecule has 0 spiro atoms. The summed E-state index contributed by atoms with van der Waals surface area (Å²) in [5.41, 5.74) is -2.09. The zero-order chi connectivity index (χ0) is 29.5. The molecule has 6 rings (SSSR count). The standard InChI is InChI=1S/C32H32F4N4O2/c33-25-7-9-26(10-8-25)40-29-11-6-24(18-23(29)19-37-40)31(42,32(34,35)36)28-20-39(30-5-2-1-4-27(28)30)15-3-14-38-16-12-22(21-41)13-17-38/h1-2,4-11,18-20,22,41-42H,3,12-17,21H2. The SMILES string of the molecule is OCC1CCN(CCCn2cc(C(O)(c3ccc4c(cnn4-c4ccc(F)cc4)c3)C(F)(F)F)c3ccccc32)CC1. The minimum absolute atomic E-state index is 0.206.